The molecule has 1 N–H and O–H groups in total. The molecule has 2 atom stereocenters. The van der Waals surface area contributed by atoms with Gasteiger partial charge in [0.1, 0.15) is 10.7 Å². The van der Waals surface area contributed by atoms with Crippen molar-refractivity contribution < 1.29 is 9.84 Å². The van der Waals surface area contributed by atoms with Crippen LogP contribution in [0.15, 0.2) is 24.3 Å². The minimum Gasteiger partial charge on any atom is -0.508 e. The Bertz CT molecular complexity index is 394. The maximum Gasteiger partial charge on any atom is 0.115 e. The van der Waals surface area contributed by atoms with Crippen molar-refractivity contribution in [1.82, 2.24) is 4.90 Å². The number of hydrogen-bond donors (Lipinski definition) is 1. The predicted octanol–water partition coefficient (Wildman–Crippen LogP) is 2.18. The largest absolute Gasteiger partial charge is 0.508 e. The number of phenols is 1. The molecule has 1 saturated heterocycles. The van der Waals surface area contributed by atoms with Gasteiger partial charge in [-0.15, -0.1) is 0 Å². The smallest absolute Gasteiger partial charge is 0.115 e. The lowest BCUT2D eigenvalue weighted by Crippen LogP contribution is -2.47. The minimum absolute atomic E-state index is 0.203. The summed E-state index contributed by atoms with van der Waals surface area (Å²) in [5.74, 6) is 0.264. The second-order valence-corrected chi connectivity index (χ2v) is 4.90. The van der Waals surface area contributed by atoms with Crippen molar-refractivity contribution >= 4 is 17.2 Å². The highest BCUT2D eigenvalue weighted by atomic mass is 32.1. The maximum absolute atomic E-state index is 9.26. The third kappa shape index (κ3) is 2.96. The molecule has 0 saturated carbocycles. The minimum atomic E-state index is 0.203. The normalized spacial score (nSPS) is 24.7. The summed E-state index contributed by atoms with van der Waals surface area (Å²) in [6.45, 7) is 5.76. The summed E-state index contributed by atoms with van der Waals surface area (Å²) in [7, 11) is 0. The van der Waals surface area contributed by atoms with Gasteiger partial charge < -0.3 is 14.7 Å². The van der Waals surface area contributed by atoms with Crippen molar-refractivity contribution in [2.75, 3.05) is 13.1 Å². The second-order valence-electron chi connectivity index (χ2n) is 4.51. The molecule has 1 aromatic rings. The zero-order chi connectivity index (χ0) is 12.4. The first-order valence-electron chi connectivity index (χ1n) is 5.80. The molecule has 92 valence electrons. The first-order chi connectivity index (χ1) is 8.06. The number of morpholine rings is 1. The van der Waals surface area contributed by atoms with Gasteiger partial charge in [-0.05, 0) is 38.1 Å². The summed E-state index contributed by atoms with van der Waals surface area (Å²) in [6.07, 6.45) is 0.405. The maximum atomic E-state index is 9.26. The second kappa shape index (κ2) is 5.02. The van der Waals surface area contributed by atoms with Gasteiger partial charge in [-0.1, -0.05) is 12.2 Å². The molecule has 0 amide bonds. The topological polar surface area (TPSA) is 32.7 Å². The molecule has 0 bridgehead atoms. The summed E-state index contributed by atoms with van der Waals surface area (Å²) in [4.78, 5) is 2.99. The molecule has 0 unspecified atom stereocenters. The van der Waals surface area contributed by atoms with E-state index in [2.05, 4.69) is 18.7 Å². The number of benzene rings is 1. The lowest BCUT2D eigenvalue weighted by molar-refractivity contribution is -0.0472. The predicted molar refractivity (Wildman–Crippen MR) is 71.4 cm³/mol. The molecule has 1 fully saturated rings. The molecule has 0 aromatic heterocycles. The van der Waals surface area contributed by atoms with Crippen molar-refractivity contribution in [1.29, 1.82) is 0 Å². The van der Waals surface area contributed by atoms with Crippen molar-refractivity contribution in [2.24, 2.45) is 0 Å². The van der Waals surface area contributed by atoms with Crippen LogP contribution in [-0.4, -0.2) is 40.3 Å². The standard InChI is InChI=1S/C13H17NO2S/c1-9-7-14(8-10(2)16-9)13(17)11-3-5-12(15)6-4-11/h3-6,9-10,15H,7-8H2,1-2H3/t9-,10+. The molecule has 3 nitrogen and oxygen atoms in total. The summed E-state index contributed by atoms with van der Waals surface area (Å²) in [5, 5.41) is 9.26. The molecule has 1 aliphatic heterocycles. The Hall–Kier alpha value is -1.13. The zero-order valence-electron chi connectivity index (χ0n) is 10.1. The van der Waals surface area contributed by atoms with Crippen molar-refractivity contribution in [3.8, 4) is 5.75 Å². The van der Waals surface area contributed by atoms with Crippen LogP contribution in [0.2, 0.25) is 0 Å². The molecule has 4 heteroatoms. The number of rotatable bonds is 1. The fraction of sp³-hybridized carbons (Fsp3) is 0.462. The Kier molecular flexibility index (Phi) is 3.64. The average molecular weight is 251 g/mol. The fourth-order valence-corrected chi connectivity index (χ4v) is 2.42. The van der Waals surface area contributed by atoms with Gasteiger partial charge in [0.25, 0.3) is 0 Å². The first-order valence-corrected chi connectivity index (χ1v) is 6.21. The van der Waals surface area contributed by atoms with Gasteiger partial charge in [0.15, 0.2) is 0 Å². The van der Waals surface area contributed by atoms with Gasteiger partial charge in [-0.25, -0.2) is 0 Å². The van der Waals surface area contributed by atoms with E-state index < -0.39 is 0 Å². The third-order valence-corrected chi connectivity index (χ3v) is 3.31. The molecule has 0 spiro atoms. The number of thiocarbonyl (C=S) groups is 1. The number of ether oxygens (including phenoxy) is 1. The first kappa shape index (κ1) is 12.3. The lowest BCUT2D eigenvalue weighted by atomic mass is 10.1. The van der Waals surface area contributed by atoms with Crippen LogP contribution in [0.3, 0.4) is 0 Å². The molecule has 1 aromatic carbocycles. The number of aromatic hydroxyl groups is 1. The van der Waals surface area contributed by atoms with Crippen LogP contribution in [0.4, 0.5) is 0 Å². The fourth-order valence-electron chi connectivity index (χ4n) is 2.13. The van der Waals surface area contributed by atoms with Crippen LogP contribution < -0.4 is 0 Å². The van der Waals surface area contributed by atoms with Crippen LogP contribution >= 0.6 is 12.2 Å². The quantitative estimate of drug-likeness (QED) is 0.775. The molecule has 0 radical (unpaired) electrons. The van der Waals surface area contributed by atoms with E-state index in [1.807, 2.05) is 12.1 Å². The number of hydrogen-bond acceptors (Lipinski definition) is 3. The van der Waals surface area contributed by atoms with E-state index in [0.717, 1.165) is 23.6 Å². The summed E-state index contributed by atoms with van der Waals surface area (Å²) in [5.41, 5.74) is 0.971. The van der Waals surface area contributed by atoms with Crippen LogP contribution in [0.25, 0.3) is 0 Å². The monoisotopic (exact) mass is 251 g/mol. The van der Waals surface area contributed by atoms with Crippen LogP contribution in [0, 0.1) is 0 Å². The van der Waals surface area contributed by atoms with Gasteiger partial charge >= 0.3 is 0 Å². The number of phenolic OH excluding ortho intramolecular Hbond substituents is 1. The van der Waals surface area contributed by atoms with Gasteiger partial charge in [-0.2, -0.15) is 0 Å². The van der Waals surface area contributed by atoms with E-state index in [4.69, 9.17) is 17.0 Å². The summed E-state index contributed by atoms with van der Waals surface area (Å²) >= 11 is 5.48. The van der Waals surface area contributed by atoms with Gasteiger partial charge in [0.05, 0.1) is 12.2 Å². The van der Waals surface area contributed by atoms with E-state index in [-0.39, 0.29) is 18.0 Å². The van der Waals surface area contributed by atoms with Crippen LogP contribution in [0.5, 0.6) is 5.75 Å². The molecule has 1 heterocycles. The Balaban J connectivity index is 2.11. The zero-order valence-corrected chi connectivity index (χ0v) is 10.9. The molecule has 0 aliphatic carbocycles. The van der Waals surface area contributed by atoms with Gasteiger partial charge in [0.2, 0.25) is 0 Å². The SMILES string of the molecule is C[C@@H]1CN(C(=S)c2ccc(O)cc2)C[C@H](C)O1. The van der Waals surface area contributed by atoms with Crippen molar-refractivity contribution in [3.05, 3.63) is 29.8 Å². The Labute approximate surface area is 107 Å². The van der Waals surface area contributed by atoms with E-state index >= 15 is 0 Å². The van der Waals surface area contributed by atoms with Crippen LogP contribution in [0.1, 0.15) is 19.4 Å². The summed E-state index contributed by atoms with van der Waals surface area (Å²) < 4.78 is 5.68. The third-order valence-electron chi connectivity index (χ3n) is 2.82. The molecule has 2 rings (SSSR count). The molecular formula is C13H17NO2S. The van der Waals surface area contributed by atoms with Gasteiger partial charge in [0, 0.05) is 18.7 Å². The molecule has 17 heavy (non-hydrogen) atoms. The van der Waals surface area contributed by atoms with E-state index in [1.54, 1.807) is 12.1 Å². The number of nitrogens with zero attached hydrogens (tertiary/aromatic N) is 1. The van der Waals surface area contributed by atoms with Crippen LogP contribution in [-0.2, 0) is 4.74 Å². The van der Waals surface area contributed by atoms with E-state index in [0.29, 0.717) is 0 Å². The summed E-state index contributed by atoms with van der Waals surface area (Å²) in [6, 6.07) is 7.02. The van der Waals surface area contributed by atoms with E-state index in [9.17, 15) is 5.11 Å². The molecule has 1 aliphatic rings. The van der Waals surface area contributed by atoms with E-state index in [1.165, 1.54) is 0 Å². The average Bonchev–Trinajstić information content (AvgIpc) is 2.28. The van der Waals surface area contributed by atoms with Gasteiger partial charge in [-0.3, -0.25) is 0 Å². The van der Waals surface area contributed by atoms with Crippen molar-refractivity contribution in [2.45, 2.75) is 26.1 Å². The highest BCUT2D eigenvalue weighted by Crippen LogP contribution is 2.17. The Morgan fingerprint density at radius 3 is 2.29 bits per heavy atom. The highest BCUT2D eigenvalue weighted by Gasteiger charge is 2.24. The Morgan fingerprint density at radius 1 is 1.24 bits per heavy atom. The Morgan fingerprint density at radius 2 is 1.76 bits per heavy atom. The lowest BCUT2D eigenvalue weighted by Gasteiger charge is -2.37. The molecular weight excluding hydrogens is 234 g/mol. The van der Waals surface area contributed by atoms with Crippen molar-refractivity contribution in [3.63, 3.8) is 0 Å². The highest BCUT2D eigenvalue weighted by molar-refractivity contribution is 7.80.